The van der Waals surface area contributed by atoms with Crippen molar-refractivity contribution in [2.45, 2.75) is 13.5 Å². The highest BCUT2D eigenvalue weighted by molar-refractivity contribution is 9.10. The number of nitro benzene ring substituents is 1. The van der Waals surface area contributed by atoms with Crippen LogP contribution in [-0.4, -0.2) is 11.5 Å². The Morgan fingerprint density at radius 2 is 2.10 bits per heavy atom. The average Bonchev–Trinajstić information content (AvgIpc) is 2.48. The van der Waals surface area contributed by atoms with Crippen LogP contribution in [0.4, 0.5) is 5.69 Å². The maximum atomic E-state index is 10.8. The Bertz CT molecular complexity index is 647. The molecule has 0 fully saturated rings. The first kappa shape index (κ1) is 15.5. The Balaban J connectivity index is 2.16. The van der Waals surface area contributed by atoms with Gasteiger partial charge in [-0.3, -0.25) is 10.1 Å². The summed E-state index contributed by atoms with van der Waals surface area (Å²) in [6, 6.07) is 11.9. The van der Waals surface area contributed by atoms with Gasteiger partial charge in [0.15, 0.2) is 0 Å². The summed E-state index contributed by atoms with van der Waals surface area (Å²) in [5, 5.41) is 14.0. The minimum atomic E-state index is -0.443. The van der Waals surface area contributed by atoms with Crippen LogP contribution in [0.15, 0.2) is 46.9 Å². The zero-order chi connectivity index (χ0) is 15.2. The average molecular weight is 351 g/mol. The predicted octanol–water partition coefficient (Wildman–Crippen LogP) is 4.26. The van der Waals surface area contributed by atoms with E-state index in [2.05, 4.69) is 28.2 Å². The third-order valence-electron chi connectivity index (χ3n) is 2.83. The molecule has 2 aromatic rings. The van der Waals surface area contributed by atoms with Crippen LogP contribution in [0.1, 0.15) is 12.5 Å². The van der Waals surface area contributed by atoms with Gasteiger partial charge in [-0.25, -0.2) is 0 Å². The Hall–Kier alpha value is -1.92. The van der Waals surface area contributed by atoms with Crippen molar-refractivity contribution in [1.82, 2.24) is 5.32 Å². The summed E-state index contributed by atoms with van der Waals surface area (Å²) in [5.41, 5.74) is 1.14. The summed E-state index contributed by atoms with van der Waals surface area (Å²) in [5.74, 6) is 1.06. The van der Waals surface area contributed by atoms with Gasteiger partial charge in [0.1, 0.15) is 11.5 Å². The Morgan fingerprint density at radius 3 is 2.76 bits per heavy atom. The maximum absolute atomic E-state index is 10.8. The zero-order valence-corrected chi connectivity index (χ0v) is 13.1. The number of rotatable bonds is 6. The van der Waals surface area contributed by atoms with E-state index in [1.54, 1.807) is 12.1 Å². The molecule has 6 heteroatoms. The molecule has 2 aromatic carbocycles. The van der Waals surface area contributed by atoms with Crippen LogP contribution in [0, 0.1) is 10.1 Å². The van der Waals surface area contributed by atoms with E-state index < -0.39 is 4.92 Å². The molecule has 0 aliphatic carbocycles. The molecule has 110 valence electrons. The molecule has 0 unspecified atom stereocenters. The fraction of sp³-hybridized carbons (Fsp3) is 0.200. The van der Waals surface area contributed by atoms with Gasteiger partial charge >= 0.3 is 0 Å². The highest BCUT2D eigenvalue weighted by Crippen LogP contribution is 2.31. The Kier molecular flexibility index (Phi) is 5.30. The number of nitrogens with one attached hydrogen (secondary N) is 1. The molecule has 0 radical (unpaired) electrons. The molecule has 2 rings (SSSR count). The van der Waals surface area contributed by atoms with Gasteiger partial charge < -0.3 is 10.1 Å². The van der Waals surface area contributed by atoms with E-state index in [9.17, 15) is 10.1 Å². The molecule has 1 N–H and O–H groups in total. The van der Waals surface area contributed by atoms with E-state index in [-0.39, 0.29) is 5.69 Å². The van der Waals surface area contributed by atoms with Gasteiger partial charge in [-0.1, -0.05) is 19.1 Å². The van der Waals surface area contributed by atoms with Crippen LogP contribution in [0.3, 0.4) is 0 Å². The molecule has 0 aliphatic heterocycles. The van der Waals surface area contributed by atoms with Gasteiger partial charge in [-0.05, 0) is 46.2 Å². The van der Waals surface area contributed by atoms with Crippen molar-refractivity contribution >= 4 is 21.6 Å². The first-order chi connectivity index (χ1) is 10.1. The quantitative estimate of drug-likeness (QED) is 0.624. The molecule has 5 nitrogen and oxygen atoms in total. The second-order valence-corrected chi connectivity index (χ2v) is 5.26. The van der Waals surface area contributed by atoms with Crippen LogP contribution in [0.2, 0.25) is 0 Å². The van der Waals surface area contributed by atoms with Crippen molar-refractivity contribution in [2.75, 3.05) is 6.54 Å². The first-order valence-electron chi connectivity index (χ1n) is 6.51. The zero-order valence-electron chi connectivity index (χ0n) is 11.5. The monoisotopic (exact) mass is 350 g/mol. The lowest BCUT2D eigenvalue weighted by molar-refractivity contribution is -0.384. The summed E-state index contributed by atoms with van der Waals surface area (Å²) in [6.07, 6.45) is 0. The first-order valence-corrected chi connectivity index (χ1v) is 7.31. The fourth-order valence-electron chi connectivity index (χ4n) is 1.79. The molecule has 0 amide bonds. The Labute approximate surface area is 131 Å². The third kappa shape index (κ3) is 4.27. The van der Waals surface area contributed by atoms with E-state index in [1.165, 1.54) is 12.1 Å². The van der Waals surface area contributed by atoms with Crippen molar-refractivity contribution in [3.05, 3.63) is 62.6 Å². The number of ether oxygens (including phenoxy) is 1. The largest absolute Gasteiger partial charge is 0.456 e. The molecule has 0 aliphatic rings. The molecular formula is C15H15BrN2O3. The van der Waals surface area contributed by atoms with Gasteiger partial charge in [0.05, 0.1) is 15.5 Å². The van der Waals surface area contributed by atoms with Crippen LogP contribution < -0.4 is 10.1 Å². The highest BCUT2D eigenvalue weighted by Gasteiger charge is 2.09. The molecule has 0 saturated carbocycles. The van der Waals surface area contributed by atoms with E-state index in [0.717, 1.165) is 23.1 Å². The number of hydrogen-bond acceptors (Lipinski definition) is 4. The van der Waals surface area contributed by atoms with Crippen LogP contribution in [0.25, 0.3) is 0 Å². The fourth-order valence-corrected chi connectivity index (χ4v) is 2.30. The van der Waals surface area contributed by atoms with Gasteiger partial charge in [0.2, 0.25) is 0 Å². The van der Waals surface area contributed by atoms with E-state index in [1.807, 2.05) is 18.2 Å². The van der Waals surface area contributed by atoms with E-state index in [0.29, 0.717) is 11.5 Å². The van der Waals surface area contributed by atoms with E-state index >= 15 is 0 Å². The number of halogens is 1. The lowest BCUT2D eigenvalue weighted by atomic mass is 10.2. The highest BCUT2D eigenvalue weighted by atomic mass is 79.9. The van der Waals surface area contributed by atoms with Gasteiger partial charge in [-0.2, -0.15) is 0 Å². The van der Waals surface area contributed by atoms with Crippen molar-refractivity contribution in [3.8, 4) is 11.5 Å². The second kappa shape index (κ2) is 7.19. The van der Waals surface area contributed by atoms with E-state index in [4.69, 9.17) is 4.74 Å². The maximum Gasteiger partial charge on any atom is 0.273 e. The SMILES string of the molecule is CCNCc1ccc(Oc2cccc([N+](=O)[O-])c2)c(Br)c1. The van der Waals surface area contributed by atoms with Gasteiger partial charge in [0.25, 0.3) is 5.69 Å². The van der Waals surface area contributed by atoms with Crippen LogP contribution in [-0.2, 0) is 6.54 Å². The predicted molar refractivity (Wildman–Crippen MR) is 84.7 cm³/mol. The lowest BCUT2D eigenvalue weighted by Gasteiger charge is -2.09. The molecular weight excluding hydrogens is 336 g/mol. The summed E-state index contributed by atoms with van der Waals surface area (Å²) >= 11 is 3.46. The number of nitrogens with zero attached hydrogens (tertiary/aromatic N) is 1. The summed E-state index contributed by atoms with van der Waals surface area (Å²) in [4.78, 5) is 10.3. The lowest BCUT2D eigenvalue weighted by Crippen LogP contribution is -2.11. The van der Waals surface area contributed by atoms with Crippen molar-refractivity contribution in [3.63, 3.8) is 0 Å². The van der Waals surface area contributed by atoms with Crippen molar-refractivity contribution in [2.24, 2.45) is 0 Å². The van der Waals surface area contributed by atoms with Crippen LogP contribution >= 0.6 is 15.9 Å². The third-order valence-corrected chi connectivity index (χ3v) is 3.45. The number of benzene rings is 2. The van der Waals surface area contributed by atoms with Gasteiger partial charge in [0, 0.05) is 12.6 Å². The number of non-ortho nitro benzene ring substituents is 1. The standard InChI is InChI=1S/C15H15BrN2O3/c1-2-17-10-11-6-7-15(14(16)8-11)21-13-5-3-4-12(9-13)18(19)20/h3-9,17H,2,10H2,1H3. The number of hydrogen-bond donors (Lipinski definition) is 1. The molecule has 0 heterocycles. The summed E-state index contributed by atoms with van der Waals surface area (Å²) in [7, 11) is 0. The Morgan fingerprint density at radius 1 is 1.29 bits per heavy atom. The molecule has 0 bridgehead atoms. The van der Waals surface area contributed by atoms with Crippen molar-refractivity contribution in [1.29, 1.82) is 0 Å². The molecule has 0 spiro atoms. The number of nitro groups is 1. The molecule has 0 saturated heterocycles. The van der Waals surface area contributed by atoms with Crippen LogP contribution in [0.5, 0.6) is 11.5 Å². The summed E-state index contributed by atoms with van der Waals surface area (Å²) in [6.45, 7) is 3.74. The smallest absolute Gasteiger partial charge is 0.273 e. The van der Waals surface area contributed by atoms with Gasteiger partial charge in [-0.15, -0.1) is 0 Å². The minimum absolute atomic E-state index is 0.00684. The normalized spacial score (nSPS) is 10.4. The summed E-state index contributed by atoms with van der Waals surface area (Å²) < 4.78 is 6.50. The minimum Gasteiger partial charge on any atom is -0.456 e. The topological polar surface area (TPSA) is 64.4 Å². The van der Waals surface area contributed by atoms with Crippen molar-refractivity contribution < 1.29 is 9.66 Å². The molecule has 21 heavy (non-hydrogen) atoms. The second-order valence-electron chi connectivity index (χ2n) is 4.40. The molecule has 0 atom stereocenters. The molecule has 0 aromatic heterocycles.